The first-order valence-electron chi connectivity index (χ1n) is 5.55. The average molecular weight is 215 g/mol. The van der Waals surface area contributed by atoms with E-state index < -0.39 is 0 Å². The van der Waals surface area contributed by atoms with Crippen molar-refractivity contribution in [3.05, 3.63) is 47.8 Å². The Bertz CT molecular complexity index is 454. The van der Waals surface area contributed by atoms with Gasteiger partial charge in [0, 0.05) is 12.7 Å². The lowest BCUT2D eigenvalue weighted by atomic mass is 10.0. The van der Waals surface area contributed by atoms with Gasteiger partial charge in [-0.05, 0) is 29.7 Å². The van der Waals surface area contributed by atoms with E-state index in [9.17, 15) is 0 Å². The summed E-state index contributed by atoms with van der Waals surface area (Å²) in [6, 6.07) is 10.4. The van der Waals surface area contributed by atoms with Crippen LogP contribution in [0, 0.1) is 0 Å². The highest BCUT2D eigenvalue weighted by Crippen LogP contribution is 2.17. The molecule has 0 saturated heterocycles. The summed E-state index contributed by atoms with van der Waals surface area (Å²) >= 11 is 0. The Morgan fingerprint density at radius 1 is 1.19 bits per heavy atom. The first-order chi connectivity index (χ1) is 7.72. The topological polar surface area (TPSA) is 43.8 Å². The summed E-state index contributed by atoms with van der Waals surface area (Å²) in [4.78, 5) is 0. The van der Waals surface area contributed by atoms with E-state index in [1.807, 2.05) is 10.7 Å². The molecule has 0 unspecified atom stereocenters. The van der Waals surface area contributed by atoms with E-state index in [0.717, 1.165) is 11.4 Å². The molecule has 0 bridgehead atoms. The van der Waals surface area contributed by atoms with E-state index in [1.54, 1.807) is 6.20 Å². The molecule has 0 radical (unpaired) electrons. The molecule has 0 aliphatic rings. The third-order valence-electron chi connectivity index (χ3n) is 2.73. The first-order valence-corrected chi connectivity index (χ1v) is 5.55. The molecule has 0 fully saturated rings. The Hall–Kier alpha value is -1.61. The van der Waals surface area contributed by atoms with Gasteiger partial charge in [0.05, 0.1) is 11.4 Å². The molecule has 2 rings (SSSR count). The van der Waals surface area contributed by atoms with Gasteiger partial charge in [-0.2, -0.15) is 5.10 Å². The number of hydrogen-bond acceptors (Lipinski definition) is 2. The Kier molecular flexibility index (Phi) is 3.06. The van der Waals surface area contributed by atoms with Gasteiger partial charge in [-0.15, -0.1) is 0 Å². The number of nitrogens with two attached hydrogens (primary N) is 1. The normalized spacial score (nSPS) is 11.0. The molecule has 3 nitrogen and oxygen atoms in total. The fourth-order valence-corrected chi connectivity index (χ4v) is 1.72. The third-order valence-corrected chi connectivity index (χ3v) is 2.73. The van der Waals surface area contributed by atoms with E-state index in [0.29, 0.717) is 12.5 Å². The van der Waals surface area contributed by atoms with E-state index in [2.05, 4.69) is 43.2 Å². The van der Waals surface area contributed by atoms with Gasteiger partial charge in [-0.3, -0.25) is 0 Å². The molecular weight excluding hydrogens is 198 g/mol. The van der Waals surface area contributed by atoms with Crippen LogP contribution < -0.4 is 5.73 Å². The number of rotatable bonds is 3. The second-order valence-corrected chi connectivity index (χ2v) is 4.18. The molecular formula is C13H17N3. The smallest absolute Gasteiger partial charge is 0.0649 e. The molecule has 1 aromatic heterocycles. The highest BCUT2D eigenvalue weighted by molar-refractivity contribution is 5.36. The first kappa shape index (κ1) is 10.9. The van der Waals surface area contributed by atoms with Gasteiger partial charge in [-0.1, -0.05) is 26.0 Å². The summed E-state index contributed by atoms with van der Waals surface area (Å²) in [6.07, 6.45) is 1.78. The molecule has 0 atom stereocenters. The van der Waals surface area contributed by atoms with Gasteiger partial charge in [0.15, 0.2) is 0 Å². The summed E-state index contributed by atoms with van der Waals surface area (Å²) < 4.78 is 1.88. The zero-order valence-corrected chi connectivity index (χ0v) is 9.72. The van der Waals surface area contributed by atoms with Crippen molar-refractivity contribution in [2.45, 2.75) is 26.3 Å². The van der Waals surface area contributed by atoms with E-state index >= 15 is 0 Å². The van der Waals surface area contributed by atoms with Crippen molar-refractivity contribution < 1.29 is 0 Å². The van der Waals surface area contributed by atoms with Crippen LogP contribution in [0.1, 0.15) is 31.0 Å². The van der Waals surface area contributed by atoms with Crippen LogP contribution in [0.2, 0.25) is 0 Å². The zero-order valence-electron chi connectivity index (χ0n) is 9.72. The molecule has 1 aromatic carbocycles. The van der Waals surface area contributed by atoms with Crippen LogP contribution in [0.25, 0.3) is 5.69 Å². The van der Waals surface area contributed by atoms with Gasteiger partial charge >= 0.3 is 0 Å². The molecule has 84 valence electrons. The Morgan fingerprint density at radius 3 is 2.44 bits per heavy atom. The summed E-state index contributed by atoms with van der Waals surface area (Å²) in [6.45, 7) is 4.88. The summed E-state index contributed by atoms with van der Waals surface area (Å²) in [5.74, 6) is 0.556. The second-order valence-electron chi connectivity index (χ2n) is 4.18. The van der Waals surface area contributed by atoms with Crippen LogP contribution in [-0.2, 0) is 6.54 Å². The van der Waals surface area contributed by atoms with E-state index in [-0.39, 0.29) is 0 Å². The Morgan fingerprint density at radius 2 is 1.88 bits per heavy atom. The summed E-state index contributed by atoms with van der Waals surface area (Å²) in [5, 5.41) is 4.27. The minimum Gasteiger partial charge on any atom is -0.325 e. The minimum atomic E-state index is 0.506. The predicted molar refractivity (Wildman–Crippen MR) is 65.5 cm³/mol. The minimum absolute atomic E-state index is 0.506. The van der Waals surface area contributed by atoms with Gasteiger partial charge in [0.1, 0.15) is 0 Å². The van der Waals surface area contributed by atoms with Crippen LogP contribution in [-0.4, -0.2) is 9.78 Å². The lowest BCUT2D eigenvalue weighted by Crippen LogP contribution is -2.06. The second kappa shape index (κ2) is 4.49. The van der Waals surface area contributed by atoms with Gasteiger partial charge in [-0.25, -0.2) is 4.68 Å². The standard InChI is InChI=1S/C13H17N3/c1-10(2)11-3-5-12(6-4-11)16-13(9-14)7-8-15-16/h3-8,10H,9,14H2,1-2H3. The maximum absolute atomic E-state index is 5.65. The monoisotopic (exact) mass is 215 g/mol. The highest BCUT2D eigenvalue weighted by Gasteiger charge is 2.04. The van der Waals surface area contributed by atoms with Crippen LogP contribution in [0.4, 0.5) is 0 Å². The third kappa shape index (κ3) is 1.99. The van der Waals surface area contributed by atoms with Crippen LogP contribution >= 0.6 is 0 Å². The van der Waals surface area contributed by atoms with Crippen molar-refractivity contribution >= 4 is 0 Å². The summed E-state index contributed by atoms with van der Waals surface area (Å²) in [7, 11) is 0. The van der Waals surface area contributed by atoms with Crippen molar-refractivity contribution in [2.24, 2.45) is 5.73 Å². The molecule has 0 saturated carbocycles. The molecule has 3 heteroatoms. The number of nitrogens with zero attached hydrogens (tertiary/aromatic N) is 2. The maximum atomic E-state index is 5.65. The van der Waals surface area contributed by atoms with Crippen molar-refractivity contribution in [2.75, 3.05) is 0 Å². The van der Waals surface area contributed by atoms with Gasteiger partial charge in [0.25, 0.3) is 0 Å². The SMILES string of the molecule is CC(C)c1ccc(-n2nccc2CN)cc1. The zero-order chi connectivity index (χ0) is 11.5. The molecule has 2 N–H and O–H groups in total. The molecule has 0 aliphatic heterocycles. The quantitative estimate of drug-likeness (QED) is 0.854. The molecule has 16 heavy (non-hydrogen) atoms. The predicted octanol–water partition coefficient (Wildman–Crippen LogP) is 2.45. The average Bonchev–Trinajstić information content (AvgIpc) is 2.77. The molecule has 1 heterocycles. The summed E-state index contributed by atoms with van der Waals surface area (Å²) in [5.41, 5.74) is 9.08. The Balaban J connectivity index is 2.35. The molecule has 0 amide bonds. The number of benzene rings is 1. The van der Waals surface area contributed by atoms with Crippen molar-refractivity contribution in [1.29, 1.82) is 0 Å². The number of hydrogen-bond donors (Lipinski definition) is 1. The molecule has 0 aliphatic carbocycles. The van der Waals surface area contributed by atoms with Crippen molar-refractivity contribution in [3.8, 4) is 5.69 Å². The fourth-order valence-electron chi connectivity index (χ4n) is 1.72. The van der Waals surface area contributed by atoms with E-state index in [4.69, 9.17) is 5.73 Å². The van der Waals surface area contributed by atoms with Crippen molar-refractivity contribution in [3.63, 3.8) is 0 Å². The van der Waals surface area contributed by atoms with Crippen molar-refractivity contribution in [1.82, 2.24) is 9.78 Å². The lowest BCUT2D eigenvalue weighted by Gasteiger charge is -2.08. The fraction of sp³-hybridized carbons (Fsp3) is 0.308. The largest absolute Gasteiger partial charge is 0.325 e. The maximum Gasteiger partial charge on any atom is 0.0649 e. The van der Waals surface area contributed by atoms with Crippen LogP contribution in [0.3, 0.4) is 0 Å². The Labute approximate surface area is 95.9 Å². The molecule has 0 spiro atoms. The van der Waals surface area contributed by atoms with Crippen LogP contribution in [0.5, 0.6) is 0 Å². The van der Waals surface area contributed by atoms with E-state index in [1.165, 1.54) is 5.56 Å². The lowest BCUT2D eigenvalue weighted by molar-refractivity contribution is 0.800. The molecule has 2 aromatic rings. The number of aromatic nitrogens is 2. The highest BCUT2D eigenvalue weighted by atomic mass is 15.3. The van der Waals surface area contributed by atoms with Crippen LogP contribution in [0.15, 0.2) is 36.5 Å². The van der Waals surface area contributed by atoms with Gasteiger partial charge in [0.2, 0.25) is 0 Å². The van der Waals surface area contributed by atoms with Gasteiger partial charge < -0.3 is 5.73 Å².